The molecular weight excluding hydrogens is 270 g/mol. The summed E-state index contributed by atoms with van der Waals surface area (Å²) in [4.78, 5) is 1.32. The Bertz CT molecular complexity index is 424. The van der Waals surface area contributed by atoms with Gasteiger partial charge in [0.05, 0.1) is 6.04 Å². The Labute approximate surface area is 102 Å². The Morgan fingerprint density at radius 3 is 2.47 bits per heavy atom. The third kappa shape index (κ3) is 2.30. The van der Waals surface area contributed by atoms with Crippen LogP contribution >= 0.6 is 27.3 Å². The number of nitrogens with one attached hydrogen (secondary N) is 1. The summed E-state index contributed by atoms with van der Waals surface area (Å²) in [7, 11) is 1.99. The molecule has 2 rings (SSSR count). The molecule has 78 valence electrons. The molecule has 0 fully saturated rings. The van der Waals surface area contributed by atoms with E-state index in [1.807, 2.05) is 13.1 Å². The van der Waals surface area contributed by atoms with Crippen molar-refractivity contribution in [2.75, 3.05) is 7.05 Å². The maximum Gasteiger partial charge on any atom is 0.0680 e. The van der Waals surface area contributed by atoms with Crippen molar-refractivity contribution in [2.24, 2.45) is 0 Å². The minimum Gasteiger partial charge on any atom is -0.309 e. The second-order valence-electron chi connectivity index (χ2n) is 3.27. The predicted octanol–water partition coefficient (Wildman–Crippen LogP) is 3.82. The van der Waals surface area contributed by atoms with Gasteiger partial charge in [-0.25, -0.2) is 0 Å². The first-order valence-electron chi connectivity index (χ1n) is 4.78. The van der Waals surface area contributed by atoms with Crippen LogP contribution in [0.1, 0.15) is 16.5 Å². The van der Waals surface area contributed by atoms with Crippen molar-refractivity contribution in [1.29, 1.82) is 0 Å². The summed E-state index contributed by atoms with van der Waals surface area (Å²) < 4.78 is 1.18. The van der Waals surface area contributed by atoms with Crippen LogP contribution in [0.15, 0.2) is 46.3 Å². The van der Waals surface area contributed by atoms with E-state index in [2.05, 4.69) is 57.0 Å². The Hall–Kier alpha value is -0.640. The second kappa shape index (κ2) is 4.92. The van der Waals surface area contributed by atoms with Gasteiger partial charge in [0.15, 0.2) is 0 Å². The fraction of sp³-hybridized carbons (Fsp3) is 0.167. The van der Waals surface area contributed by atoms with Crippen molar-refractivity contribution in [3.8, 4) is 0 Å². The molecule has 0 aliphatic heterocycles. The van der Waals surface area contributed by atoms with E-state index in [1.165, 1.54) is 14.9 Å². The number of halogens is 1. The van der Waals surface area contributed by atoms with Crippen molar-refractivity contribution in [1.82, 2.24) is 5.32 Å². The number of rotatable bonds is 3. The van der Waals surface area contributed by atoms with Crippen molar-refractivity contribution < 1.29 is 0 Å². The average molecular weight is 282 g/mol. The molecule has 3 heteroatoms. The maximum atomic E-state index is 3.58. The zero-order valence-corrected chi connectivity index (χ0v) is 10.8. The van der Waals surface area contributed by atoms with Crippen molar-refractivity contribution >= 4 is 27.3 Å². The first kappa shape index (κ1) is 10.9. The lowest BCUT2D eigenvalue weighted by molar-refractivity contribution is 0.701. The average Bonchev–Trinajstić information content (AvgIpc) is 2.68. The molecule has 0 bridgehead atoms. The molecule has 0 saturated heterocycles. The highest BCUT2D eigenvalue weighted by molar-refractivity contribution is 9.10. The van der Waals surface area contributed by atoms with Crippen LogP contribution < -0.4 is 5.32 Å². The second-order valence-corrected chi connectivity index (χ2v) is 5.07. The molecule has 0 saturated carbocycles. The lowest BCUT2D eigenvalue weighted by atomic mass is 10.1. The van der Waals surface area contributed by atoms with Gasteiger partial charge in [-0.1, -0.05) is 30.3 Å². The minimum atomic E-state index is 0.278. The standard InChI is InChI=1S/C12H12BrNS/c1-14-11(9-5-3-2-4-6-9)12-10(13)7-8-15-12/h2-8,11,14H,1H3. The fourth-order valence-electron chi connectivity index (χ4n) is 1.61. The smallest absolute Gasteiger partial charge is 0.0680 e. The maximum absolute atomic E-state index is 3.58. The molecule has 1 aromatic heterocycles. The van der Waals surface area contributed by atoms with Gasteiger partial charge in [0.2, 0.25) is 0 Å². The van der Waals surface area contributed by atoms with Crippen molar-refractivity contribution in [2.45, 2.75) is 6.04 Å². The fourth-order valence-corrected chi connectivity index (χ4v) is 3.34. The van der Waals surface area contributed by atoms with Crippen LogP contribution in [0.25, 0.3) is 0 Å². The highest BCUT2D eigenvalue weighted by Crippen LogP contribution is 2.32. The van der Waals surface area contributed by atoms with Gasteiger partial charge in [-0.15, -0.1) is 11.3 Å². The molecule has 1 nitrogen and oxygen atoms in total. The summed E-state index contributed by atoms with van der Waals surface area (Å²) in [6.07, 6.45) is 0. The third-order valence-corrected chi connectivity index (χ3v) is 4.26. The molecule has 1 atom stereocenters. The lowest BCUT2D eigenvalue weighted by Gasteiger charge is -2.15. The summed E-state index contributed by atoms with van der Waals surface area (Å²) in [5, 5.41) is 5.45. The Morgan fingerprint density at radius 1 is 1.20 bits per heavy atom. The molecule has 1 heterocycles. The van der Waals surface area contributed by atoms with Gasteiger partial charge in [0, 0.05) is 9.35 Å². The van der Waals surface area contributed by atoms with Crippen LogP contribution in [-0.4, -0.2) is 7.05 Å². The van der Waals surface area contributed by atoms with E-state index >= 15 is 0 Å². The SMILES string of the molecule is CNC(c1ccccc1)c1sccc1Br. The summed E-state index contributed by atoms with van der Waals surface area (Å²) in [6, 6.07) is 12.8. The largest absolute Gasteiger partial charge is 0.309 e. The van der Waals surface area contributed by atoms with Crippen LogP contribution in [0.4, 0.5) is 0 Å². The van der Waals surface area contributed by atoms with Gasteiger partial charge in [0.1, 0.15) is 0 Å². The monoisotopic (exact) mass is 281 g/mol. The molecule has 1 aromatic carbocycles. The molecule has 15 heavy (non-hydrogen) atoms. The van der Waals surface area contributed by atoms with Crippen molar-refractivity contribution in [3.05, 3.63) is 56.7 Å². The Balaban J connectivity index is 2.37. The molecule has 1 unspecified atom stereocenters. The highest BCUT2D eigenvalue weighted by Gasteiger charge is 2.15. The van der Waals surface area contributed by atoms with E-state index in [0.29, 0.717) is 0 Å². The molecule has 0 aliphatic rings. The zero-order chi connectivity index (χ0) is 10.7. The van der Waals surface area contributed by atoms with E-state index in [1.54, 1.807) is 11.3 Å². The first-order valence-corrected chi connectivity index (χ1v) is 6.45. The van der Waals surface area contributed by atoms with Crippen LogP contribution in [0.5, 0.6) is 0 Å². The van der Waals surface area contributed by atoms with E-state index in [9.17, 15) is 0 Å². The van der Waals surface area contributed by atoms with Crippen LogP contribution in [0.2, 0.25) is 0 Å². The summed E-state index contributed by atoms with van der Waals surface area (Å²) in [6.45, 7) is 0. The van der Waals surface area contributed by atoms with E-state index in [0.717, 1.165) is 0 Å². The van der Waals surface area contributed by atoms with Gasteiger partial charge in [-0.2, -0.15) is 0 Å². The van der Waals surface area contributed by atoms with E-state index in [4.69, 9.17) is 0 Å². The van der Waals surface area contributed by atoms with E-state index in [-0.39, 0.29) is 6.04 Å². The third-order valence-electron chi connectivity index (χ3n) is 2.33. The van der Waals surface area contributed by atoms with Gasteiger partial charge in [-0.05, 0) is 40.0 Å². The van der Waals surface area contributed by atoms with Crippen LogP contribution in [0.3, 0.4) is 0 Å². The quantitative estimate of drug-likeness (QED) is 0.902. The number of hydrogen-bond donors (Lipinski definition) is 1. The van der Waals surface area contributed by atoms with E-state index < -0.39 is 0 Å². The van der Waals surface area contributed by atoms with Crippen molar-refractivity contribution in [3.63, 3.8) is 0 Å². The summed E-state index contributed by atoms with van der Waals surface area (Å²) >= 11 is 5.34. The Morgan fingerprint density at radius 2 is 1.93 bits per heavy atom. The topological polar surface area (TPSA) is 12.0 Å². The number of benzene rings is 1. The normalized spacial score (nSPS) is 12.7. The molecular formula is C12H12BrNS. The molecule has 0 spiro atoms. The minimum absolute atomic E-state index is 0.278. The van der Waals surface area contributed by atoms with Crippen LogP contribution in [0, 0.1) is 0 Å². The first-order chi connectivity index (χ1) is 7.33. The predicted molar refractivity (Wildman–Crippen MR) is 69.4 cm³/mol. The Kier molecular flexibility index (Phi) is 3.57. The molecule has 2 aromatic rings. The number of thiophene rings is 1. The summed E-state index contributed by atoms with van der Waals surface area (Å²) in [5.74, 6) is 0. The van der Waals surface area contributed by atoms with Crippen LogP contribution in [-0.2, 0) is 0 Å². The summed E-state index contributed by atoms with van der Waals surface area (Å²) in [5.41, 5.74) is 1.29. The molecule has 0 radical (unpaired) electrons. The lowest BCUT2D eigenvalue weighted by Crippen LogP contribution is -2.16. The van der Waals surface area contributed by atoms with Gasteiger partial charge in [-0.3, -0.25) is 0 Å². The zero-order valence-electron chi connectivity index (χ0n) is 8.41. The highest BCUT2D eigenvalue weighted by atomic mass is 79.9. The number of hydrogen-bond acceptors (Lipinski definition) is 2. The van der Waals surface area contributed by atoms with Gasteiger partial charge < -0.3 is 5.32 Å². The molecule has 0 aliphatic carbocycles. The van der Waals surface area contributed by atoms with Gasteiger partial charge in [0.25, 0.3) is 0 Å². The molecule has 1 N–H and O–H groups in total. The van der Waals surface area contributed by atoms with Gasteiger partial charge >= 0.3 is 0 Å². The molecule has 0 amide bonds.